The molecule has 1 aliphatic rings. The van der Waals surface area contributed by atoms with Gasteiger partial charge in [0.05, 0.1) is 5.69 Å². The Hall–Kier alpha value is -0.970. The van der Waals surface area contributed by atoms with Gasteiger partial charge in [-0.3, -0.25) is 9.88 Å². The van der Waals surface area contributed by atoms with E-state index in [0.29, 0.717) is 6.04 Å². The lowest BCUT2D eigenvalue weighted by molar-refractivity contribution is 0.0830. The molecule has 0 spiro atoms. The van der Waals surface area contributed by atoms with Crippen LogP contribution in [0.4, 0.5) is 0 Å². The van der Waals surface area contributed by atoms with E-state index in [4.69, 9.17) is 0 Å². The molecule has 4 nitrogen and oxygen atoms in total. The SMILES string of the molecule is CNCC1CN(C)CCN1Cc1ccccn1. The number of hydrogen-bond acceptors (Lipinski definition) is 4. The molecule has 1 N–H and O–H groups in total. The monoisotopic (exact) mass is 234 g/mol. The molecule has 0 saturated carbocycles. The lowest BCUT2D eigenvalue weighted by Gasteiger charge is -2.39. The van der Waals surface area contributed by atoms with Crippen LogP contribution in [-0.2, 0) is 6.54 Å². The molecule has 4 heteroatoms. The maximum absolute atomic E-state index is 4.41. The highest BCUT2D eigenvalue weighted by molar-refractivity contribution is 5.04. The van der Waals surface area contributed by atoms with Gasteiger partial charge in [0.2, 0.25) is 0 Å². The summed E-state index contributed by atoms with van der Waals surface area (Å²) >= 11 is 0. The van der Waals surface area contributed by atoms with Crippen LogP contribution in [0, 0.1) is 0 Å². The molecule has 17 heavy (non-hydrogen) atoms. The topological polar surface area (TPSA) is 31.4 Å². The van der Waals surface area contributed by atoms with Crippen molar-refractivity contribution >= 4 is 0 Å². The minimum absolute atomic E-state index is 0.584. The predicted molar refractivity (Wildman–Crippen MR) is 69.9 cm³/mol. The molecule has 1 fully saturated rings. The Bertz CT molecular complexity index is 327. The van der Waals surface area contributed by atoms with Gasteiger partial charge in [0, 0.05) is 45.0 Å². The summed E-state index contributed by atoms with van der Waals surface area (Å²) in [5.74, 6) is 0. The molecule has 1 saturated heterocycles. The van der Waals surface area contributed by atoms with Crippen LogP contribution in [0.15, 0.2) is 24.4 Å². The van der Waals surface area contributed by atoms with Gasteiger partial charge >= 0.3 is 0 Å². The van der Waals surface area contributed by atoms with Gasteiger partial charge < -0.3 is 10.2 Å². The molecule has 94 valence electrons. The number of pyridine rings is 1. The molecule has 1 aliphatic heterocycles. The highest BCUT2D eigenvalue weighted by Gasteiger charge is 2.24. The van der Waals surface area contributed by atoms with Gasteiger partial charge in [0.15, 0.2) is 0 Å². The fourth-order valence-corrected chi connectivity index (χ4v) is 2.39. The van der Waals surface area contributed by atoms with Gasteiger partial charge in [-0.1, -0.05) is 6.07 Å². The van der Waals surface area contributed by atoms with Crippen molar-refractivity contribution in [2.75, 3.05) is 40.3 Å². The van der Waals surface area contributed by atoms with Gasteiger partial charge in [0.1, 0.15) is 0 Å². The van der Waals surface area contributed by atoms with Gasteiger partial charge in [0.25, 0.3) is 0 Å². The van der Waals surface area contributed by atoms with Crippen molar-refractivity contribution in [3.05, 3.63) is 30.1 Å². The van der Waals surface area contributed by atoms with E-state index in [9.17, 15) is 0 Å². The largest absolute Gasteiger partial charge is 0.318 e. The van der Waals surface area contributed by atoms with Crippen molar-refractivity contribution in [2.45, 2.75) is 12.6 Å². The Balaban J connectivity index is 1.98. The number of rotatable bonds is 4. The zero-order valence-corrected chi connectivity index (χ0v) is 10.8. The van der Waals surface area contributed by atoms with Crippen molar-refractivity contribution < 1.29 is 0 Å². The smallest absolute Gasteiger partial charge is 0.0544 e. The molecule has 0 amide bonds. The average molecular weight is 234 g/mol. The van der Waals surface area contributed by atoms with Crippen molar-refractivity contribution in [2.24, 2.45) is 0 Å². The van der Waals surface area contributed by atoms with E-state index < -0.39 is 0 Å². The number of nitrogens with one attached hydrogen (secondary N) is 1. The number of hydrogen-bond donors (Lipinski definition) is 1. The molecule has 0 aromatic carbocycles. The molecule has 1 unspecified atom stereocenters. The standard InChI is InChI=1S/C13H22N4/c1-14-9-13-11-16(2)7-8-17(13)10-12-5-3-4-6-15-12/h3-6,13-14H,7-11H2,1-2H3. The van der Waals surface area contributed by atoms with E-state index in [2.05, 4.69) is 39.3 Å². The van der Waals surface area contributed by atoms with Crippen molar-refractivity contribution in [1.29, 1.82) is 0 Å². The fourth-order valence-electron chi connectivity index (χ4n) is 2.39. The molecule has 1 aromatic heterocycles. The van der Waals surface area contributed by atoms with E-state index in [0.717, 1.165) is 38.4 Å². The second-order valence-corrected chi connectivity index (χ2v) is 4.77. The fraction of sp³-hybridized carbons (Fsp3) is 0.615. The van der Waals surface area contributed by atoms with Gasteiger partial charge in [-0.2, -0.15) is 0 Å². The summed E-state index contributed by atoms with van der Waals surface area (Å²) < 4.78 is 0. The van der Waals surface area contributed by atoms with E-state index in [1.807, 2.05) is 19.3 Å². The zero-order valence-electron chi connectivity index (χ0n) is 10.8. The Morgan fingerprint density at radius 3 is 3.00 bits per heavy atom. The third-order valence-corrected chi connectivity index (χ3v) is 3.34. The number of nitrogens with zero attached hydrogens (tertiary/aromatic N) is 3. The van der Waals surface area contributed by atoms with E-state index >= 15 is 0 Å². The van der Waals surface area contributed by atoms with Crippen LogP contribution in [0.2, 0.25) is 0 Å². The quantitative estimate of drug-likeness (QED) is 0.818. The van der Waals surface area contributed by atoms with E-state index in [1.165, 1.54) is 0 Å². The van der Waals surface area contributed by atoms with Crippen LogP contribution in [-0.4, -0.2) is 61.1 Å². The molecule has 0 radical (unpaired) electrons. The van der Waals surface area contributed by atoms with Gasteiger partial charge in [-0.15, -0.1) is 0 Å². The molecule has 2 rings (SSSR count). The lowest BCUT2D eigenvalue weighted by Crippen LogP contribution is -2.54. The second kappa shape index (κ2) is 6.10. The second-order valence-electron chi connectivity index (χ2n) is 4.77. The van der Waals surface area contributed by atoms with Crippen molar-refractivity contribution in [3.63, 3.8) is 0 Å². The Labute approximate surface area is 104 Å². The lowest BCUT2D eigenvalue weighted by atomic mass is 10.1. The average Bonchev–Trinajstić information content (AvgIpc) is 2.34. The maximum atomic E-state index is 4.41. The minimum atomic E-state index is 0.584. The molecule has 2 heterocycles. The summed E-state index contributed by atoms with van der Waals surface area (Å²) in [6.07, 6.45) is 1.87. The predicted octanol–water partition coefficient (Wildman–Crippen LogP) is 0.417. The third kappa shape index (κ3) is 3.49. The van der Waals surface area contributed by atoms with Crippen LogP contribution in [0.25, 0.3) is 0 Å². The summed E-state index contributed by atoms with van der Waals surface area (Å²) in [6, 6.07) is 6.72. The van der Waals surface area contributed by atoms with Gasteiger partial charge in [-0.05, 0) is 26.2 Å². The van der Waals surface area contributed by atoms with Gasteiger partial charge in [-0.25, -0.2) is 0 Å². The van der Waals surface area contributed by atoms with Crippen LogP contribution < -0.4 is 5.32 Å². The normalized spacial score (nSPS) is 22.8. The highest BCUT2D eigenvalue weighted by Crippen LogP contribution is 2.11. The Morgan fingerprint density at radius 1 is 1.41 bits per heavy atom. The van der Waals surface area contributed by atoms with Crippen LogP contribution in [0.5, 0.6) is 0 Å². The highest BCUT2D eigenvalue weighted by atomic mass is 15.3. The van der Waals surface area contributed by atoms with E-state index in [1.54, 1.807) is 0 Å². The molecular weight excluding hydrogens is 212 g/mol. The molecule has 0 aliphatic carbocycles. The first-order chi connectivity index (χ1) is 8.29. The number of likely N-dealkylation sites (N-methyl/N-ethyl adjacent to an activating group) is 2. The molecule has 1 aromatic rings. The first-order valence-corrected chi connectivity index (χ1v) is 6.26. The summed E-state index contributed by atoms with van der Waals surface area (Å²) in [4.78, 5) is 9.34. The Morgan fingerprint density at radius 2 is 2.29 bits per heavy atom. The molecule has 1 atom stereocenters. The van der Waals surface area contributed by atoms with E-state index in [-0.39, 0.29) is 0 Å². The summed E-state index contributed by atoms with van der Waals surface area (Å²) in [7, 11) is 4.22. The summed E-state index contributed by atoms with van der Waals surface area (Å²) in [5, 5.41) is 3.28. The van der Waals surface area contributed by atoms with Crippen LogP contribution in [0.1, 0.15) is 5.69 Å². The maximum Gasteiger partial charge on any atom is 0.0544 e. The minimum Gasteiger partial charge on any atom is -0.318 e. The number of aromatic nitrogens is 1. The van der Waals surface area contributed by atoms with Crippen molar-refractivity contribution in [1.82, 2.24) is 20.1 Å². The summed E-state index contributed by atoms with van der Waals surface area (Å²) in [5.41, 5.74) is 1.16. The van der Waals surface area contributed by atoms with Crippen molar-refractivity contribution in [3.8, 4) is 0 Å². The Kier molecular flexibility index (Phi) is 4.48. The third-order valence-electron chi connectivity index (χ3n) is 3.34. The first kappa shape index (κ1) is 12.5. The number of piperazine rings is 1. The first-order valence-electron chi connectivity index (χ1n) is 6.26. The molecular formula is C13H22N4. The zero-order chi connectivity index (χ0) is 12.1. The molecule has 0 bridgehead atoms. The summed E-state index contributed by atoms with van der Waals surface area (Å²) in [6.45, 7) is 5.40. The van der Waals surface area contributed by atoms with Crippen LogP contribution >= 0.6 is 0 Å². The van der Waals surface area contributed by atoms with Crippen LogP contribution in [0.3, 0.4) is 0 Å².